The van der Waals surface area contributed by atoms with Crippen LogP contribution in [0.2, 0.25) is 0 Å². The van der Waals surface area contributed by atoms with E-state index in [9.17, 15) is 8.42 Å². The third-order valence-electron chi connectivity index (χ3n) is 2.60. The lowest BCUT2D eigenvalue weighted by Crippen LogP contribution is -1.98. The highest BCUT2D eigenvalue weighted by Gasteiger charge is 2.08. The van der Waals surface area contributed by atoms with Crippen molar-refractivity contribution in [3.05, 3.63) is 46.2 Å². The summed E-state index contributed by atoms with van der Waals surface area (Å²) in [6, 6.07) is 8.41. The number of sulfone groups is 1. The Morgan fingerprint density at radius 3 is 2.86 bits per heavy atom. The van der Waals surface area contributed by atoms with Gasteiger partial charge < -0.3 is 10.5 Å². The van der Waals surface area contributed by atoms with Gasteiger partial charge in [-0.25, -0.2) is 8.42 Å². The van der Waals surface area contributed by atoms with Gasteiger partial charge >= 0.3 is 0 Å². The summed E-state index contributed by atoms with van der Waals surface area (Å²) in [7, 11) is -3.22. The van der Waals surface area contributed by atoms with Gasteiger partial charge in [0.15, 0.2) is 9.84 Å². The average molecular weight is 321 g/mol. The Hall–Kier alpha value is -1.81. The van der Waals surface area contributed by atoms with Gasteiger partial charge in [0.25, 0.3) is 0 Å². The number of nitrogens with two attached hydrogens (primary N) is 1. The summed E-state index contributed by atoms with van der Waals surface area (Å²) < 4.78 is 28.6. The van der Waals surface area contributed by atoms with E-state index in [0.717, 1.165) is 10.4 Å². The smallest absolute Gasteiger partial charge is 0.175 e. The number of benzene rings is 1. The molecule has 0 aliphatic rings. The molecule has 2 N–H and O–H groups in total. The lowest BCUT2D eigenvalue weighted by atomic mass is 10.3. The molecule has 0 unspecified atom stereocenters. The molecule has 1 heterocycles. The first-order chi connectivity index (χ1) is 9.99. The van der Waals surface area contributed by atoms with Crippen molar-refractivity contribution in [1.82, 2.24) is 0 Å². The maximum atomic E-state index is 11.5. The van der Waals surface area contributed by atoms with Crippen LogP contribution in [-0.4, -0.2) is 21.2 Å². The Balaban J connectivity index is 2.05. The summed E-state index contributed by atoms with van der Waals surface area (Å²) >= 11 is 1.54. The van der Waals surface area contributed by atoms with Crippen LogP contribution in [0.25, 0.3) is 0 Å². The van der Waals surface area contributed by atoms with E-state index in [-0.39, 0.29) is 4.90 Å². The molecule has 0 amide bonds. The van der Waals surface area contributed by atoms with Crippen LogP contribution < -0.4 is 10.5 Å². The molecule has 1 aromatic carbocycles. The molecule has 0 saturated heterocycles. The number of thiophene rings is 1. The molecular formula is C15H15NO3S2. The first-order valence-corrected chi connectivity index (χ1v) is 8.95. The third-order valence-corrected chi connectivity index (χ3v) is 4.62. The molecule has 0 aliphatic carbocycles. The summed E-state index contributed by atoms with van der Waals surface area (Å²) in [5.74, 6) is 6.27. The highest BCUT2D eigenvalue weighted by Crippen LogP contribution is 2.20. The summed E-state index contributed by atoms with van der Waals surface area (Å²) in [4.78, 5) is 1.27. The fourth-order valence-corrected chi connectivity index (χ4v) is 3.01. The van der Waals surface area contributed by atoms with Crippen molar-refractivity contribution in [2.24, 2.45) is 5.73 Å². The van der Waals surface area contributed by atoms with Gasteiger partial charge in [-0.05, 0) is 24.3 Å². The van der Waals surface area contributed by atoms with Crippen LogP contribution in [0.5, 0.6) is 5.75 Å². The highest BCUT2D eigenvalue weighted by atomic mass is 32.2. The number of rotatable bonds is 4. The van der Waals surface area contributed by atoms with E-state index in [0.29, 0.717) is 18.9 Å². The summed E-state index contributed by atoms with van der Waals surface area (Å²) in [6.45, 7) is 0.710. The zero-order valence-corrected chi connectivity index (χ0v) is 13.1. The fourth-order valence-electron chi connectivity index (χ4n) is 1.62. The quantitative estimate of drug-likeness (QED) is 0.875. The summed E-state index contributed by atoms with van der Waals surface area (Å²) in [5.41, 5.74) is 6.23. The Bertz CT molecular complexity index is 782. The fraction of sp³-hybridized carbons (Fsp3) is 0.200. The zero-order chi connectivity index (χ0) is 15.3. The minimum Gasteiger partial charge on any atom is -0.488 e. The van der Waals surface area contributed by atoms with Gasteiger partial charge in [-0.3, -0.25) is 0 Å². The van der Waals surface area contributed by atoms with Crippen LogP contribution in [0.4, 0.5) is 0 Å². The Morgan fingerprint density at radius 1 is 1.33 bits per heavy atom. The molecule has 0 fully saturated rings. The lowest BCUT2D eigenvalue weighted by molar-refractivity contribution is 0.309. The molecule has 21 heavy (non-hydrogen) atoms. The molecule has 2 aromatic rings. The second-order valence-electron chi connectivity index (χ2n) is 4.34. The maximum Gasteiger partial charge on any atom is 0.175 e. The highest BCUT2D eigenvalue weighted by molar-refractivity contribution is 7.90. The van der Waals surface area contributed by atoms with Crippen LogP contribution >= 0.6 is 11.3 Å². The van der Waals surface area contributed by atoms with E-state index < -0.39 is 9.84 Å². The van der Waals surface area contributed by atoms with Crippen molar-refractivity contribution in [3.63, 3.8) is 0 Å². The van der Waals surface area contributed by atoms with Crippen LogP contribution in [0.3, 0.4) is 0 Å². The second-order valence-corrected chi connectivity index (χ2v) is 7.35. The van der Waals surface area contributed by atoms with Crippen molar-refractivity contribution in [1.29, 1.82) is 0 Å². The van der Waals surface area contributed by atoms with Crippen molar-refractivity contribution in [2.45, 2.75) is 11.5 Å². The minimum atomic E-state index is -3.22. The molecule has 0 atom stereocenters. The van der Waals surface area contributed by atoms with Gasteiger partial charge in [0.2, 0.25) is 0 Å². The SMILES string of the molecule is CS(=O)(=O)c1cccc(OCc2cc(C#CCN)cs2)c1. The van der Waals surface area contributed by atoms with E-state index in [1.165, 1.54) is 12.3 Å². The average Bonchev–Trinajstić information content (AvgIpc) is 2.90. The molecular weight excluding hydrogens is 306 g/mol. The van der Waals surface area contributed by atoms with Crippen LogP contribution in [0, 0.1) is 11.8 Å². The monoisotopic (exact) mass is 321 g/mol. The van der Waals surface area contributed by atoms with E-state index in [1.807, 2.05) is 11.4 Å². The molecule has 4 nitrogen and oxygen atoms in total. The minimum absolute atomic E-state index is 0.251. The van der Waals surface area contributed by atoms with Crippen LogP contribution in [0.15, 0.2) is 40.6 Å². The standard InChI is InChI=1S/C15H15NO3S2/c1-21(17,18)15-6-2-5-13(9-15)19-10-14-8-12(11-20-14)4-3-7-16/h2,5-6,8-9,11H,7,10,16H2,1H3. The van der Waals surface area contributed by atoms with Crippen molar-refractivity contribution in [3.8, 4) is 17.6 Å². The van der Waals surface area contributed by atoms with Gasteiger partial charge in [0.1, 0.15) is 12.4 Å². The summed E-state index contributed by atoms with van der Waals surface area (Å²) in [6.07, 6.45) is 1.17. The molecule has 0 bridgehead atoms. The van der Waals surface area contributed by atoms with E-state index in [4.69, 9.17) is 10.5 Å². The molecule has 0 spiro atoms. The van der Waals surface area contributed by atoms with Gasteiger partial charge in [0.05, 0.1) is 11.4 Å². The topological polar surface area (TPSA) is 69.4 Å². The number of ether oxygens (including phenoxy) is 1. The number of hydrogen-bond acceptors (Lipinski definition) is 5. The van der Waals surface area contributed by atoms with E-state index >= 15 is 0 Å². The maximum absolute atomic E-state index is 11.5. The van der Waals surface area contributed by atoms with E-state index in [1.54, 1.807) is 29.5 Å². The molecule has 110 valence electrons. The molecule has 0 aliphatic heterocycles. The zero-order valence-electron chi connectivity index (χ0n) is 11.5. The first kappa shape index (κ1) is 15.6. The normalized spacial score (nSPS) is 10.8. The molecule has 6 heteroatoms. The van der Waals surface area contributed by atoms with Gasteiger partial charge in [-0.15, -0.1) is 11.3 Å². The summed E-state index contributed by atoms with van der Waals surface area (Å²) in [5, 5.41) is 1.94. The Kier molecular flexibility index (Phi) is 5.02. The van der Waals surface area contributed by atoms with Gasteiger partial charge in [-0.2, -0.15) is 0 Å². The van der Waals surface area contributed by atoms with Crippen molar-refractivity contribution >= 4 is 21.2 Å². The van der Waals surface area contributed by atoms with Gasteiger partial charge in [0, 0.05) is 22.1 Å². The predicted molar refractivity (Wildman–Crippen MR) is 84.1 cm³/mol. The Labute approximate surface area is 128 Å². The van der Waals surface area contributed by atoms with Gasteiger partial charge in [-0.1, -0.05) is 17.9 Å². The molecule has 0 radical (unpaired) electrons. The first-order valence-electron chi connectivity index (χ1n) is 6.18. The Morgan fingerprint density at radius 2 is 2.14 bits per heavy atom. The second kappa shape index (κ2) is 6.76. The number of hydrogen-bond donors (Lipinski definition) is 1. The van der Waals surface area contributed by atoms with Crippen molar-refractivity contribution in [2.75, 3.05) is 12.8 Å². The molecule has 1 aromatic heterocycles. The lowest BCUT2D eigenvalue weighted by Gasteiger charge is -2.06. The molecule has 0 saturated carbocycles. The van der Waals surface area contributed by atoms with Crippen molar-refractivity contribution < 1.29 is 13.2 Å². The predicted octanol–water partition coefficient (Wildman–Crippen LogP) is 2.04. The van der Waals surface area contributed by atoms with E-state index in [2.05, 4.69) is 11.8 Å². The van der Waals surface area contributed by atoms with Crippen LogP contribution in [0.1, 0.15) is 10.4 Å². The third kappa shape index (κ3) is 4.60. The largest absolute Gasteiger partial charge is 0.488 e. The molecule has 2 rings (SSSR count). The van der Waals surface area contributed by atoms with Crippen LogP contribution in [-0.2, 0) is 16.4 Å².